The molecule has 0 aliphatic carbocycles. The van der Waals surface area contributed by atoms with E-state index in [-0.39, 0.29) is 0 Å². The first kappa shape index (κ1) is 11.2. The molecule has 16 heavy (non-hydrogen) atoms. The molecule has 0 spiro atoms. The first-order valence-electron chi connectivity index (χ1n) is 6.04. The fourth-order valence-electron chi connectivity index (χ4n) is 2.06. The van der Waals surface area contributed by atoms with E-state index in [1.807, 2.05) is 0 Å². The molecule has 1 aromatic rings. The maximum absolute atomic E-state index is 5.68. The third-order valence-corrected chi connectivity index (χ3v) is 3.04. The molecule has 0 bridgehead atoms. The summed E-state index contributed by atoms with van der Waals surface area (Å²) >= 11 is 0. The molecule has 1 aromatic heterocycles. The first-order valence-corrected chi connectivity index (χ1v) is 6.04. The van der Waals surface area contributed by atoms with E-state index in [0.29, 0.717) is 12.1 Å². The van der Waals surface area contributed by atoms with Gasteiger partial charge in [-0.2, -0.15) is 0 Å². The van der Waals surface area contributed by atoms with Crippen LogP contribution in [0.1, 0.15) is 33.7 Å². The van der Waals surface area contributed by atoms with Gasteiger partial charge in [0.1, 0.15) is 12.3 Å². The second-order valence-corrected chi connectivity index (χ2v) is 4.87. The number of hydrogen-bond donors (Lipinski definition) is 0. The Bertz CT molecular complexity index is 374. The summed E-state index contributed by atoms with van der Waals surface area (Å²) < 4.78 is 7.91. The Labute approximate surface area is 97.6 Å². The number of fused-ring (bicyclic) bond motifs is 1. The fourth-order valence-corrected chi connectivity index (χ4v) is 2.06. The van der Waals surface area contributed by atoms with E-state index in [4.69, 9.17) is 4.74 Å². The molecule has 0 unspecified atom stereocenters. The van der Waals surface area contributed by atoms with Crippen molar-refractivity contribution in [2.45, 2.75) is 39.8 Å². The topological polar surface area (TPSA) is 16.4 Å². The van der Waals surface area contributed by atoms with Crippen LogP contribution in [0.15, 0.2) is 18.5 Å². The molecule has 0 saturated heterocycles. The lowest BCUT2D eigenvalue weighted by Gasteiger charge is -2.33. The Morgan fingerprint density at radius 3 is 2.69 bits per heavy atom. The zero-order valence-corrected chi connectivity index (χ0v) is 10.6. The van der Waals surface area contributed by atoms with Gasteiger partial charge in [0.15, 0.2) is 24.2 Å². The van der Waals surface area contributed by atoms with Gasteiger partial charge in [0.25, 0.3) is 0 Å². The van der Waals surface area contributed by atoms with E-state index in [1.54, 1.807) is 0 Å². The molecule has 3 nitrogen and oxygen atoms in total. The third-order valence-electron chi connectivity index (χ3n) is 3.04. The summed E-state index contributed by atoms with van der Waals surface area (Å²) in [5.74, 6) is 1.01. The lowest BCUT2D eigenvalue weighted by molar-refractivity contribution is -0.715. The summed E-state index contributed by atoms with van der Waals surface area (Å²) in [6, 6.07) is 3.08. The Morgan fingerprint density at radius 1 is 1.31 bits per heavy atom. The molecule has 0 amide bonds. The van der Waals surface area contributed by atoms with E-state index in [2.05, 4.69) is 55.6 Å². The minimum Gasteiger partial charge on any atom is -0.489 e. The Kier molecular flexibility index (Phi) is 3.03. The van der Waals surface area contributed by atoms with Gasteiger partial charge in [-0.25, -0.2) is 4.57 Å². The quantitative estimate of drug-likeness (QED) is 0.712. The first-order chi connectivity index (χ1) is 7.59. The molecule has 0 fully saturated rings. The van der Waals surface area contributed by atoms with Crippen LogP contribution in [0.3, 0.4) is 0 Å². The molecule has 2 heterocycles. The summed E-state index contributed by atoms with van der Waals surface area (Å²) in [5.41, 5.74) is 1.22. The minimum atomic E-state index is 0.487. The number of pyridine rings is 1. The van der Waals surface area contributed by atoms with Crippen LogP contribution < -0.4 is 14.2 Å². The van der Waals surface area contributed by atoms with Crippen molar-refractivity contribution in [3.05, 3.63) is 18.5 Å². The summed E-state index contributed by atoms with van der Waals surface area (Å²) in [4.78, 5) is 2.40. The zero-order chi connectivity index (χ0) is 11.7. The van der Waals surface area contributed by atoms with Crippen LogP contribution >= 0.6 is 0 Å². The van der Waals surface area contributed by atoms with Crippen molar-refractivity contribution in [1.82, 2.24) is 0 Å². The second-order valence-electron chi connectivity index (χ2n) is 4.87. The maximum Gasteiger partial charge on any atom is 0.196 e. The van der Waals surface area contributed by atoms with Crippen molar-refractivity contribution in [2.75, 3.05) is 18.1 Å². The fraction of sp³-hybridized carbons (Fsp3) is 0.615. The van der Waals surface area contributed by atoms with Gasteiger partial charge in [-0.1, -0.05) is 0 Å². The average Bonchev–Trinajstić information content (AvgIpc) is 2.27. The van der Waals surface area contributed by atoms with Crippen LogP contribution in [-0.2, 0) is 0 Å². The van der Waals surface area contributed by atoms with Crippen molar-refractivity contribution >= 4 is 5.69 Å². The van der Waals surface area contributed by atoms with Gasteiger partial charge in [0.05, 0.1) is 6.54 Å². The lowest BCUT2D eigenvalue weighted by Crippen LogP contribution is -2.42. The summed E-state index contributed by atoms with van der Waals surface area (Å²) in [6.07, 6.45) is 4.28. The second kappa shape index (κ2) is 4.32. The summed E-state index contributed by atoms with van der Waals surface area (Å²) in [7, 11) is 0. The van der Waals surface area contributed by atoms with Gasteiger partial charge in [-0.15, -0.1) is 0 Å². The lowest BCUT2D eigenvalue weighted by atomic mass is 10.2. The smallest absolute Gasteiger partial charge is 0.196 e. The predicted molar refractivity (Wildman–Crippen MR) is 65.0 cm³/mol. The molecule has 0 aromatic carbocycles. The zero-order valence-electron chi connectivity index (χ0n) is 10.6. The number of nitrogens with zero attached hydrogens (tertiary/aromatic N) is 2. The van der Waals surface area contributed by atoms with Crippen LogP contribution in [-0.4, -0.2) is 19.2 Å². The van der Waals surface area contributed by atoms with Gasteiger partial charge in [-0.3, -0.25) is 0 Å². The molecule has 2 rings (SSSR count). The van der Waals surface area contributed by atoms with Crippen LogP contribution in [0.5, 0.6) is 5.75 Å². The number of anilines is 1. The monoisotopic (exact) mass is 221 g/mol. The number of hydrogen-bond acceptors (Lipinski definition) is 2. The van der Waals surface area contributed by atoms with Crippen LogP contribution in [0.4, 0.5) is 5.69 Å². The molecule has 1 aliphatic heterocycles. The van der Waals surface area contributed by atoms with Crippen molar-refractivity contribution < 1.29 is 9.30 Å². The van der Waals surface area contributed by atoms with Crippen molar-refractivity contribution in [1.29, 1.82) is 0 Å². The van der Waals surface area contributed by atoms with Crippen LogP contribution in [0, 0.1) is 0 Å². The van der Waals surface area contributed by atoms with Crippen molar-refractivity contribution in [3.8, 4) is 5.75 Å². The molecule has 0 N–H and O–H groups in total. The SMILES string of the molecule is CC(C)N1CCOc2cc[n+](C(C)C)cc21. The molecular formula is C13H21N2O+. The Hall–Kier alpha value is -1.25. The minimum absolute atomic E-state index is 0.487. The number of aromatic nitrogens is 1. The van der Waals surface area contributed by atoms with Gasteiger partial charge in [-0.05, 0) is 27.7 Å². The molecule has 88 valence electrons. The highest BCUT2D eigenvalue weighted by atomic mass is 16.5. The van der Waals surface area contributed by atoms with Crippen molar-refractivity contribution in [3.63, 3.8) is 0 Å². The third kappa shape index (κ3) is 1.99. The Morgan fingerprint density at radius 2 is 2.06 bits per heavy atom. The Balaban J connectivity index is 2.40. The highest BCUT2D eigenvalue weighted by Crippen LogP contribution is 2.31. The van der Waals surface area contributed by atoms with Crippen molar-refractivity contribution in [2.24, 2.45) is 0 Å². The molecule has 0 atom stereocenters. The average molecular weight is 221 g/mol. The molecular weight excluding hydrogens is 200 g/mol. The summed E-state index contributed by atoms with van der Waals surface area (Å²) in [6.45, 7) is 10.6. The molecule has 0 radical (unpaired) electrons. The largest absolute Gasteiger partial charge is 0.489 e. The summed E-state index contributed by atoms with van der Waals surface area (Å²) in [5, 5.41) is 0. The highest BCUT2D eigenvalue weighted by molar-refractivity contribution is 5.57. The van der Waals surface area contributed by atoms with E-state index in [0.717, 1.165) is 18.9 Å². The maximum atomic E-state index is 5.68. The van der Waals surface area contributed by atoms with Crippen LogP contribution in [0.2, 0.25) is 0 Å². The standard InChI is InChI=1S/C13H21N2O/c1-10(2)14-6-5-13-12(9-14)15(11(3)4)7-8-16-13/h5-6,9-11H,7-8H2,1-4H3/q+1. The van der Waals surface area contributed by atoms with E-state index in [9.17, 15) is 0 Å². The molecule has 1 aliphatic rings. The molecule has 0 saturated carbocycles. The van der Waals surface area contributed by atoms with Gasteiger partial charge >= 0.3 is 0 Å². The normalized spacial score (nSPS) is 15.2. The van der Waals surface area contributed by atoms with Gasteiger partial charge in [0.2, 0.25) is 0 Å². The van der Waals surface area contributed by atoms with E-state index in [1.165, 1.54) is 5.69 Å². The van der Waals surface area contributed by atoms with Gasteiger partial charge in [0, 0.05) is 12.1 Å². The van der Waals surface area contributed by atoms with Gasteiger partial charge < -0.3 is 9.64 Å². The predicted octanol–water partition coefficient (Wildman–Crippen LogP) is 2.16. The highest BCUT2D eigenvalue weighted by Gasteiger charge is 2.24. The van der Waals surface area contributed by atoms with E-state index < -0.39 is 0 Å². The van der Waals surface area contributed by atoms with E-state index >= 15 is 0 Å². The molecule has 3 heteroatoms. The number of ether oxygens (including phenoxy) is 1. The van der Waals surface area contributed by atoms with Crippen LogP contribution in [0.25, 0.3) is 0 Å². The number of rotatable bonds is 2.